The maximum atomic E-state index is 12.4. The van der Waals surface area contributed by atoms with Crippen LogP contribution < -0.4 is 16.0 Å². The van der Waals surface area contributed by atoms with Gasteiger partial charge in [-0.1, -0.05) is 55.4 Å². The number of rotatable bonds is 13. The lowest BCUT2D eigenvalue weighted by Crippen LogP contribution is -2.52. The molecule has 0 aliphatic rings. The predicted molar refractivity (Wildman–Crippen MR) is 164 cm³/mol. The van der Waals surface area contributed by atoms with Crippen molar-refractivity contribution in [2.24, 2.45) is 0 Å². The first-order valence-corrected chi connectivity index (χ1v) is 15.7. The molecule has 2 aromatic rings. The number of amides is 4. The van der Waals surface area contributed by atoms with E-state index in [9.17, 15) is 19.5 Å². The number of alkyl carbamates (subject to hydrolysis) is 1. The Morgan fingerprint density at radius 2 is 1.65 bits per heavy atom. The van der Waals surface area contributed by atoms with Crippen LogP contribution in [-0.2, 0) is 22.7 Å². The lowest BCUT2D eigenvalue weighted by molar-refractivity contribution is -0.123. The molecule has 0 aliphatic heterocycles. The minimum atomic E-state index is -1.06. The van der Waals surface area contributed by atoms with Crippen LogP contribution >= 0.6 is 22.7 Å². The number of aliphatic hydroxyl groups excluding tert-OH is 1. The molecule has 11 nitrogen and oxygen atoms in total. The van der Waals surface area contributed by atoms with Crippen LogP contribution in [0.3, 0.4) is 0 Å². The first kappa shape index (κ1) is 39.4. The second-order valence-corrected chi connectivity index (χ2v) is 9.70. The van der Waals surface area contributed by atoms with Crippen molar-refractivity contribution in [3.05, 3.63) is 32.7 Å². The van der Waals surface area contributed by atoms with E-state index >= 15 is 0 Å². The van der Waals surface area contributed by atoms with Crippen LogP contribution in [0.4, 0.5) is 9.59 Å². The zero-order valence-corrected chi connectivity index (χ0v) is 27.2. The van der Waals surface area contributed by atoms with Crippen molar-refractivity contribution in [1.82, 2.24) is 30.8 Å². The van der Waals surface area contributed by atoms with Gasteiger partial charge in [-0.05, 0) is 12.8 Å². The molecule has 4 amide bonds. The Hall–Kier alpha value is -2.77. The van der Waals surface area contributed by atoms with Crippen molar-refractivity contribution >= 4 is 40.7 Å². The average Bonchev–Trinajstić information content (AvgIpc) is 3.68. The predicted octanol–water partition coefficient (Wildman–Crippen LogP) is 5.13. The fourth-order valence-electron chi connectivity index (χ4n) is 2.70. The van der Waals surface area contributed by atoms with Crippen molar-refractivity contribution in [2.75, 3.05) is 26.7 Å². The van der Waals surface area contributed by atoms with E-state index < -0.39 is 30.7 Å². The van der Waals surface area contributed by atoms with Gasteiger partial charge in [-0.2, -0.15) is 0 Å². The molecule has 1 atom stereocenters. The number of carbonyl (C=O) groups excluding carboxylic acids is 3. The van der Waals surface area contributed by atoms with Gasteiger partial charge in [0.2, 0.25) is 5.91 Å². The van der Waals surface area contributed by atoms with Gasteiger partial charge >= 0.3 is 12.1 Å². The summed E-state index contributed by atoms with van der Waals surface area (Å²) in [5.74, 6) is -0.156. The molecule has 0 fully saturated rings. The number of thiazole rings is 2. The Morgan fingerprint density at radius 3 is 2.17 bits per heavy atom. The monoisotopic (exact) mass is 602 g/mol. The summed E-state index contributed by atoms with van der Waals surface area (Å²) in [5, 5.41) is 20.3. The fourth-order valence-corrected chi connectivity index (χ4v) is 4.04. The maximum absolute atomic E-state index is 12.4. The number of unbranched alkanes of at least 4 members (excludes halogenated alkanes) is 1. The molecule has 0 spiro atoms. The van der Waals surface area contributed by atoms with Gasteiger partial charge in [0, 0.05) is 37.6 Å². The van der Waals surface area contributed by atoms with Gasteiger partial charge in [0.25, 0.3) is 0 Å². The average molecular weight is 603 g/mol. The molecule has 0 saturated heterocycles. The number of aliphatic hydroxyl groups is 1. The Labute approximate surface area is 248 Å². The maximum Gasteiger partial charge on any atom is 0.407 e. The number of aromatic nitrogens is 2. The van der Waals surface area contributed by atoms with Gasteiger partial charge in [0.05, 0.1) is 34.2 Å². The van der Waals surface area contributed by atoms with E-state index in [1.807, 2.05) is 46.9 Å². The van der Waals surface area contributed by atoms with Crippen LogP contribution in [0.25, 0.3) is 0 Å². The van der Waals surface area contributed by atoms with E-state index in [0.717, 1.165) is 15.6 Å². The molecule has 0 radical (unpaired) electrons. The molecule has 13 heteroatoms. The zero-order chi connectivity index (χ0) is 30.9. The van der Waals surface area contributed by atoms with Crippen LogP contribution in [0.5, 0.6) is 0 Å². The van der Waals surface area contributed by atoms with E-state index in [1.54, 1.807) is 30.1 Å². The fraction of sp³-hybridized carbons (Fsp3) is 0.667. The highest BCUT2D eigenvalue weighted by atomic mass is 32.1. The summed E-state index contributed by atoms with van der Waals surface area (Å²) in [5.41, 5.74) is 2.44. The van der Waals surface area contributed by atoms with Crippen LogP contribution in [0.1, 0.15) is 89.7 Å². The normalized spacial score (nSPS) is 10.4. The molecule has 2 aromatic heterocycles. The van der Waals surface area contributed by atoms with Gasteiger partial charge in [-0.25, -0.2) is 14.6 Å². The molecular weight excluding hydrogens is 552 g/mol. The quantitative estimate of drug-likeness (QED) is 0.233. The van der Waals surface area contributed by atoms with Crippen molar-refractivity contribution < 1.29 is 24.2 Å². The minimum absolute atomic E-state index is 0.179. The Balaban J connectivity index is 0. The standard InChI is InChI=1S/C21H32N6O5S2.3C2H6/c1-14(2)19-25-15(12-33-19)9-27(3)20(30)26-17(10-28)18(29)23-6-4-5-7-24-21(31)32-11-16-8-22-13-34-16;3*1-2/h8,12-14,17,28H,4-7,9-11H2,1-3H3,(H,23,29)(H,24,31)(H,26,30);3*1-2H3. The molecule has 2 heterocycles. The Morgan fingerprint density at radius 1 is 1.02 bits per heavy atom. The summed E-state index contributed by atoms with van der Waals surface area (Å²) in [6, 6.07) is -1.54. The van der Waals surface area contributed by atoms with Gasteiger partial charge in [0.1, 0.15) is 12.6 Å². The Bertz CT molecular complexity index is 909. The van der Waals surface area contributed by atoms with Gasteiger partial charge in [0.15, 0.2) is 0 Å². The lowest BCUT2D eigenvalue weighted by Gasteiger charge is -2.21. The smallest absolute Gasteiger partial charge is 0.407 e. The van der Waals surface area contributed by atoms with E-state index in [4.69, 9.17) is 4.74 Å². The van der Waals surface area contributed by atoms with Crippen LogP contribution in [0, 0.1) is 0 Å². The van der Waals surface area contributed by atoms with Crippen LogP contribution in [0.15, 0.2) is 17.1 Å². The van der Waals surface area contributed by atoms with Crippen LogP contribution in [0.2, 0.25) is 0 Å². The van der Waals surface area contributed by atoms with E-state index in [1.165, 1.54) is 16.2 Å². The van der Waals surface area contributed by atoms with Gasteiger partial charge in [-0.3, -0.25) is 9.78 Å². The Kier molecular flexibility index (Phi) is 24.8. The minimum Gasteiger partial charge on any atom is -0.444 e. The van der Waals surface area contributed by atoms with E-state index in [2.05, 4.69) is 39.8 Å². The first-order valence-electron chi connectivity index (χ1n) is 13.9. The van der Waals surface area contributed by atoms with Crippen LogP contribution in [-0.4, -0.2) is 70.8 Å². The summed E-state index contributed by atoms with van der Waals surface area (Å²) >= 11 is 2.96. The number of urea groups is 1. The molecular formula is C27H50N6O5S2. The van der Waals surface area contributed by atoms with Crippen molar-refractivity contribution in [2.45, 2.75) is 93.3 Å². The third kappa shape index (κ3) is 17.0. The lowest BCUT2D eigenvalue weighted by atomic mass is 10.2. The summed E-state index contributed by atoms with van der Waals surface area (Å²) in [4.78, 5) is 47.0. The number of hydrogen-bond donors (Lipinski definition) is 4. The SMILES string of the molecule is CC.CC.CC.CC(C)c1nc(CN(C)C(=O)NC(CO)C(=O)NCCCCNC(=O)OCc2cncs2)cs1. The number of carbonyl (C=O) groups is 3. The molecule has 4 N–H and O–H groups in total. The number of ether oxygens (including phenoxy) is 1. The third-order valence-corrected chi connectivity index (χ3v) is 6.55. The molecule has 2 rings (SSSR count). The second kappa shape index (κ2) is 25.2. The topological polar surface area (TPSA) is 146 Å². The summed E-state index contributed by atoms with van der Waals surface area (Å²) in [6.07, 6.45) is 2.36. The molecule has 230 valence electrons. The highest BCUT2D eigenvalue weighted by Crippen LogP contribution is 2.19. The molecule has 40 heavy (non-hydrogen) atoms. The molecule has 0 aromatic carbocycles. The van der Waals surface area contributed by atoms with Gasteiger partial charge in [-0.15, -0.1) is 22.7 Å². The number of nitrogens with one attached hydrogen (secondary N) is 3. The first-order chi connectivity index (χ1) is 19.3. The highest BCUT2D eigenvalue weighted by Gasteiger charge is 2.22. The number of hydrogen-bond acceptors (Lipinski definition) is 9. The van der Waals surface area contributed by atoms with Crippen molar-refractivity contribution in [3.63, 3.8) is 0 Å². The van der Waals surface area contributed by atoms with Crippen molar-refractivity contribution in [1.29, 1.82) is 0 Å². The molecule has 0 saturated carbocycles. The third-order valence-electron chi connectivity index (χ3n) is 4.61. The zero-order valence-electron chi connectivity index (χ0n) is 25.6. The highest BCUT2D eigenvalue weighted by molar-refractivity contribution is 7.09. The van der Waals surface area contributed by atoms with E-state index in [-0.39, 0.29) is 6.61 Å². The molecule has 0 aliphatic carbocycles. The second-order valence-electron chi connectivity index (χ2n) is 7.84. The molecule has 0 bridgehead atoms. The summed E-state index contributed by atoms with van der Waals surface area (Å²) in [6.45, 7) is 16.8. The summed E-state index contributed by atoms with van der Waals surface area (Å²) < 4.78 is 5.06. The van der Waals surface area contributed by atoms with Crippen molar-refractivity contribution in [3.8, 4) is 0 Å². The largest absolute Gasteiger partial charge is 0.444 e. The summed E-state index contributed by atoms with van der Waals surface area (Å²) in [7, 11) is 1.60. The number of nitrogens with zero attached hydrogens (tertiary/aromatic N) is 3. The van der Waals surface area contributed by atoms with Gasteiger partial charge < -0.3 is 30.7 Å². The molecule has 1 unspecified atom stereocenters. The van der Waals surface area contributed by atoms with E-state index in [0.29, 0.717) is 38.4 Å².